The summed E-state index contributed by atoms with van der Waals surface area (Å²) in [6.07, 6.45) is 0.840. The van der Waals surface area contributed by atoms with Crippen LogP contribution in [0, 0.1) is 0 Å². The number of methoxy groups -OCH3 is 1. The third-order valence-electron chi connectivity index (χ3n) is 5.50. The van der Waals surface area contributed by atoms with E-state index in [-0.39, 0.29) is 0 Å². The van der Waals surface area contributed by atoms with Crippen LogP contribution in [0.5, 0.6) is 5.75 Å². The summed E-state index contributed by atoms with van der Waals surface area (Å²) >= 11 is 6.51. The number of benzene rings is 2. The van der Waals surface area contributed by atoms with Gasteiger partial charge in [0.1, 0.15) is 16.8 Å². The van der Waals surface area contributed by atoms with Crippen molar-refractivity contribution < 1.29 is 14.3 Å². The SMILES string of the molecule is CCCOc1ccc(Br)cc1C1C(C(=O)OC)=C(CSc2nnc(-c3ccccc3)s2)Nc2nnnn21. The molecule has 37 heavy (non-hydrogen) atoms. The number of halogens is 1. The van der Waals surface area contributed by atoms with E-state index < -0.39 is 12.0 Å². The van der Waals surface area contributed by atoms with Crippen molar-refractivity contribution in [2.24, 2.45) is 0 Å². The molecule has 2 aromatic heterocycles. The molecule has 4 aromatic rings. The van der Waals surface area contributed by atoms with Gasteiger partial charge >= 0.3 is 5.97 Å². The van der Waals surface area contributed by atoms with E-state index in [1.54, 1.807) is 4.68 Å². The quantitative estimate of drug-likeness (QED) is 0.208. The molecule has 5 rings (SSSR count). The number of fused-ring (bicyclic) bond motifs is 1. The number of esters is 1. The zero-order valence-corrected chi connectivity index (χ0v) is 23.1. The highest BCUT2D eigenvalue weighted by molar-refractivity contribution is 9.10. The summed E-state index contributed by atoms with van der Waals surface area (Å²) in [6, 6.07) is 14.9. The molecule has 190 valence electrons. The summed E-state index contributed by atoms with van der Waals surface area (Å²) in [5.41, 5.74) is 2.76. The number of ether oxygens (including phenoxy) is 2. The maximum absolute atomic E-state index is 13.2. The summed E-state index contributed by atoms with van der Waals surface area (Å²) in [7, 11) is 1.36. The van der Waals surface area contributed by atoms with Crippen LogP contribution < -0.4 is 10.1 Å². The van der Waals surface area contributed by atoms with Gasteiger partial charge in [0.05, 0.1) is 19.3 Å². The minimum absolute atomic E-state index is 0.391. The number of nitrogens with zero attached hydrogens (tertiary/aromatic N) is 6. The predicted octanol–water partition coefficient (Wildman–Crippen LogP) is 4.98. The van der Waals surface area contributed by atoms with Gasteiger partial charge < -0.3 is 14.8 Å². The number of aromatic nitrogens is 6. The van der Waals surface area contributed by atoms with Crippen LogP contribution in [0.25, 0.3) is 10.6 Å². The lowest BCUT2D eigenvalue weighted by atomic mass is 9.95. The summed E-state index contributed by atoms with van der Waals surface area (Å²) in [5, 5.41) is 24.9. The number of hydrogen-bond acceptors (Lipinski definition) is 11. The van der Waals surface area contributed by atoms with E-state index in [1.165, 1.54) is 30.2 Å². The van der Waals surface area contributed by atoms with E-state index in [1.807, 2.05) is 55.5 Å². The maximum Gasteiger partial charge on any atom is 0.338 e. The van der Waals surface area contributed by atoms with Crippen LogP contribution in [0.3, 0.4) is 0 Å². The van der Waals surface area contributed by atoms with Crippen molar-refractivity contribution in [2.45, 2.75) is 23.7 Å². The van der Waals surface area contributed by atoms with Gasteiger partial charge in [0.15, 0.2) is 4.34 Å². The van der Waals surface area contributed by atoms with Crippen molar-refractivity contribution in [3.8, 4) is 16.3 Å². The van der Waals surface area contributed by atoms with Gasteiger partial charge in [-0.2, -0.15) is 4.68 Å². The van der Waals surface area contributed by atoms with Crippen LogP contribution in [-0.2, 0) is 9.53 Å². The van der Waals surface area contributed by atoms with Crippen molar-refractivity contribution in [3.05, 3.63) is 69.8 Å². The molecule has 0 saturated carbocycles. The fourth-order valence-corrected chi connectivity index (χ4v) is 6.07. The van der Waals surface area contributed by atoms with E-state index in [0.717, 1.165) is 31.4 Å². The van der Waals surface area contributed by atoms with Gasteiger partial charge in [0.25, 0.3) is 0 Å². The Balaban J connectivity index is 1.53. The highest BCUT2D eigenvalue weighted by atomic mass is 79.9. The summed E-state index contributed by atoms with van der Waals surface area (Å²) < 4.78 is 14.4. The molecule has 1 N–H and O–H groups in total. The lowest BCUT2D eigenvalue weighted by Gasteiger charge is -2.29. The molecule has 0 bridgehead atoms. The molecule has 0 amide bonds. The number of rotatable bonds is 9. The zero-order valence-electron chi connectivity index (χ0n) is 19.9. The molecule has 13 heteroatoms. The molecule has 1 aliphatic rings. The van der Waals surface area contributed by atoms with Crippen LogP contribution in [0.15, 0.2) is 68.6 Å². The first kappa shape index (κ1) is 25.4. The topological polar surface area (TPSA) is 117 Å². The first-order chi connectivity index (χ1) is 18.1. The zero-order chi connectivity index (χ0) is 25.8. The molecule has 2 aromatic carbocycles. The average molecular weight is 601 g/mol. The Hall–Kier alpha value is -3.29. The van der Waals surface area contributed by atoms with Gasteiger partial charge in [-0.25, -0.2) is 4.79 Å². The Kier molecular flexibility index (Phi) is 7.82. The molecular formula is C24H22BrN7O3S2. The highest BCUT2D eigenvalue weighted by Gasteiger charge is 2.37. The number of carbonyl (C=O) groups excluding carboxylic acids is 1. The van der Waals surface area contributed by atoms with Crippen molar-refractivity contribution in [2.75, 3.05) is 24.8 Å². The summed E-state index contributed by atoms with van der Waals surface area (Å²) in [5.74, 6) is 0.967. The number of tetrazole rings is 1. The maximum atomic E-state index is 13.2. The van der Waals surface area contributed by atoms with Crippen LogP contribution in [-0.4, -0.2) is 55.8 Å². The molecule has 0 aliphatic carbocycles. The van der Waals surface area contributed by atoms with Gasteiger partial charge in [-0.05, 0) is 35.0 Å². The normalized spacial score (nSPS) is 14.7. The molecule has 0 spiro atoms. The molecule has 10 nitrogen and oxygen atoms in total. The number of thioether (sulfide) groups is 1. The van der Waals surface area contributed by atoms with Crippen molar-refractivity contribution in [1.82, 2.24) is 30.4 Å². The molecule has 0 saturated heterocycles. The van der Waals surface area contributed by atoms with E-state index in [4.69, 9.17) is 9.47 Å². The second-order valence-corrected chi connectivity index (χ2v) is 11.0. The van der Waals surface area contributed by atoms with Crippen molar-refractivity contribution >= 4 is 50.9 Å². The van der Waals surface area contributed by atoms with Crippen LogP contribution >= 0.6 is 39.0 Å². The first-order valence-electron chi connectivity index (χ1n) is 11.4. The second kappa shape index (κ2) is 11.4. The minimum atomic E-state index is -0.659. The fourth-order valence-electron chi connectivity index (χ4n) is 3.86. The van der Waals surface area contributed by atoms with Crippen molar-refractivity contribution in [3.63, 3.8) is 0 Å². The molecule has 1 aliphatic heterocycles. The van der Waals surface area contributed by atoms with Crippen molar-refractivity contribution in [1.29, 1.82) is 0 Å². The third-order valence-corrected chi connectivity index (χ3v) is 8.12. The standard InChI is InChI=1S/C24H22BrN7O3S2/c1-3-11-35-18-10-9-15(25)12-16(18)20-19(22(33)34-2)17(26-23-28-30-31-32(20)23)13-36-24-29-27-21(37-24)14-7-5-4-6-8-14/h4-10,12,20H,3,11,13H2,1-2H3,(H,26,28,31). The summed E-state index contributed by atoms with van der Waals surface area (Å²) in [6.45, 7) is 2.57. The molecule has 0 radical (unpaired) electrons. The van der Waals surface area contributed by atoms with E-state index in [0.29, 0.717) is 35.3 Å². The van der Waals surface area contributed by atoms with Crippen LogP contribution in [0.4, 0.5) is 5.95 Å². The number of nitrogens with one attached hydrogen (secondary N) is 1. The number of carbonyl (C=O) groups is 1. The largest absolute Gasteiger partial charge is 0.493 e. The van der Waals surface area contributed by atoms with Gasteiger partial charge in [0, 0.05) is 27.0 Å². The molecule has 1 atom stereocenters. The lowest BCUT2D eigenvalue weighted by Crippen LogP contribution is -2.31. The summed E-state index contributed by atoms with van der Waals surface area (Å²) in [4.78, 5) is 13.2. The minimum Gasteiger partial charge on any atom is -0.493 e. The Labute approximate surface area is 229 Å². The third kappa shape index (κ3) is 5.38. The Morgan fingerprint density at radius 3 is 2.81 bits per heavy atom. The number of anilines is 1. The predicted molar refractivity (Wildman–Crippen MR) is 145 cm³/mol. The second-order valence-electron chi connectivity index (χ2n) is 7.92. The van der Waals surface area contributed by atoms with E-state index in [2.05, 4.69) is 47.0 Å². The Morgan fingerprint density at radius 2 is 2.03 bits per heavy atom. The smallest absolute Gasteiger partial charge is 0.338 e. The molecule has 3 heterocycles. The Morgan fingerprint density at radius 1 is 1.19 bits per heavy atom. The van der Waals surface area contributed by atoms with Crippen LogP contribution in [0.2, 0.25) is 0 Å². The fraction of sp³-hybridized carbons (Fsp3) is 0.250. The van der Waals surface area contributed by atoms with Crippen LogP contribution in [0.1, 0.15) is 24.9 Å². The highest BCUT2D eigenvalue weighted by Crippen LogP contribution is 2.41. The average Bonchev–Trinajstić information content (AvgIpc) is 3.60. The Bertz CT molecular complexity index is 1440. The molecule has 1 unspecified atom stereocenters. The number of hydrogen-bond donors (Lipinski definition) is 1. The van der Waals surface area contributed by atoms with Gasteiger partial charge in [-0.1, -0.05) is 81.4 Å². The van der Waals surface area contributed by atoms with E-state index >= 15 is 0 Å². The first-order valence-corrected chi connectivity index (χ1v) is 14.0. The monoisotopic (exact) mass is 599 g/mol. The molecule has 0 fully saturated rings. The van der Waals surface area contributed by atoms with E-state index in [9.17, 15) is 4.79 Å². The van der Waals surface area contributed by atoms with Gasteiger partial charge in [0.2, 0.25) is 5.95 Å². The van der Waals surface area contributed by atoms with Gasteiger partial charge in [-0.15, -0.1) is 10.2 Å². The lowest BCUT2D eigenvalue weighted by molar-refractivity contribution is -0.136. The molecular weight excluding hydrogens is 578 g/mol. The van der Waals surface area contributed by atoms with Gasteiger partial charge in [-0.3, -0.25) is 0 Å².